The molecule has 3 N–H and O–H groups in total. The first kappa shape index (κ1) is 25.5. The van der Waals surface area contributed by atoms with Crippen LogP contribution in [0.15, 0.2) is 71.6 Å². The molecule has 0 amide bonds. The van der Waals surface area contributed by atoms with Gasteiger partial charge in [0, 0.05) is 35.9 Å². The second kappa shape index (κ2) is 11.1. The summed E-state index contributed by atoms with van der Waals surface area (Å²) < 4.78 is 38.6. The van der Waals surface area contributed by atoms with Crippen molar-refractivity contribution in [2.24, 2.45) is 5.92 Å². The maximum atomic E-state index is 12.9. The quantitative estimate of drug-likeness (QED) is 0.293. The number of aliphatic hydroxyl groups is 1. The number of nitrogens with one attached hydrogen (secondary N) is 2. The van der Waals surface area contributed by atoms with E-state index in [4.69, 9.17) is 9.47 Å². The molecule has 1 aliphatic heterocycles. The van der Waals surface area contributed by atoms with Gasteiger partial charge >= 0.3 is 0 Å². The molecule has 1 unspecified atom stereocenters. The molecule has 8 nitrogen and oxygen atoms in total. The van der Waals surface area contributed by atoms with E-state index in [1.165, 1.54) is 0 Å². The van der Waals surface area contributed by atoms with Crippen molar-refractivity contribution in [3.8, 4) is 11.5 Å². The summed E-state index contributed by atoms with van der Waals surface area (Å²) in [6.07, 6.45) is 0.894. The smallest absolute Gasteiger partial charge is 0.243 e. The van der Waals surface area contributed by atoms with Gasteiger partial charge in [-0.15, -0.1) is 0 Å². The number of benzene rings is 3. The summed E-state index contributed by atoms with van der Waals surface area (Å²) in [4.78, 5) is 3.69. The van der Waals surface area contributed by atoms with Gasteiger partial charge in [-0.1, -0.05) is 24.3 Å². The number of piperidine rings is 1. The van der Waals surface area contributed by atoms with Gasteiger partial charge in [0.15, 0.2) is 0 Å². The fourth-order valence-corrected chi connectivity index (χ4v) is 6.41. The zero-order chi connectivity index (χ0) is 25.8. The molecule has 1 saturated heterocycles. The second-order valence-electron chi connectivity index (χ2n) is 9.50. The van der Waals surface area contributed by atoms with Crippen LogP contribution in [-0.2, 0) is 10.0 Å². The predicted molar refractivity (Wildman–Crippen MR) is 145 cm³/mol. The first-order chi connectivity index (χ1) is 18.0. The van der Waals surface area contributed by atoms with Crippen LogP contribution in [0, 0.1) is 5.92 Å². The molecule has 1 fully saturated rings. The molecule has 3 aromatic carbocycles. The highest BCUT2D eigenvalue weighted by Gasteiger charge is 2.29. The molecule has 0 spiro atoms. The van der Waals surface area contributed by atoms with E-state index in [1.54, 1.807) is 35.7 Å². The summed E-state index contributed by atoms with van der Waals surface area (Å²) in [6.45, 7) is 2.30. The van der Waals surface area contributed by atoms with E-state index in [2.05, 4.69) is 16.4 Å². The second-order valence-corrected chi connectivity index (χ2v) is 11.4. The minimum atomic E-state index is -3.50. The normalized spacial score (nSPS) is 16.3. The fourth-order valence-electron chi connectivity index (χ4n) is 4.94. The van der Waals surface area contributed by atoms with Crippen molar-refractivity contribution in [1.29, 1.82) is 0 Å². The van der Waals surface area contributed by atoms with Crippen molar-refractivity contribution in [3.63, 3.8) is 0 Å². The van der Waals surface area contributed by atoms with Gasteiger partial charge in [0.2, 0.25) is 10.0 Å². The molecular weight excluding hydrogens is 490 g/mol. The van der Waals surface area contributed by atoms with Crippen LogP contribution in [-0.4, -0.2) is 68.8 Å². The predicted octanol–water partition coefficient (Wildman–Crippen LogP) is 3.76. The number of ether oxygens (including phenoxy) is 2. The highest BCUT2D eigenvalue weighted by Crippen LogP contribution is 2.33. The van der Waals surface area contributed by atoms with E-state index in [0.29, 0.717) is 31.3 Å². The number of rotatable bonds is 10. The average Bonchev–Trinajstić information content (AvgIpc) is 3.31. The molecule has 2 heterocycles. The van der Waals surface area contributed by atoms with Crippen LogP contribution in [0.25, 0.3) is 21.8 Å². The SMILES string of the molecule is COc1ccc(S(=O)(=O)N2CCC(CNCC(O)COc3cccc4[nH]c5ccccc5c34)CC2)cc1. The summed E-state index contributed by atoms with van der Waals surface area (Å²) in [5.74, 6) is 1.74. The molecule has 1 aliphatic rings. The highest BCUT2D eigenvalue weighted by molar-refractivity contribution is 7.89. The maximum Gasteiger partial charge on any atom is 0.243 e. The molecule has 0 saturated carbocycles. The Kier molecular flexibility index (Phi) is 7.66. The lowest BCUT2D eigenvalue weighted by atomic mass is 9.98. The van der Waals surface area contributed by atoms with Gasteiger partial charge < -0.3 is 24.9 Å². The van der Waals surface area contributed by atoms with Gasteiger partial charge in [-0.2, -0.15) is 4.31 Å². The van der Waals surface area contributed by atoms with Crippen LogP contribution in [0.5, 0.6) is 11.5 Å². The van der Waals surface area contributed by atoms with E-state index in [9.17, 15) is 13.5 Å². The molecule has 5 rings (SSSR count). The van der Waals surface area contributed by atoms with Crippen LogP contribution >= 0.6 is 0 Å². The number of methoxy groups -OCH3 is 1. The van der Waals surface area contributed by atoms with E-state index in [1.807, 2.05) is 36.4 Å². The Hall–Kier alpha value is -3.11. The Morgan fingerprint density at radius 1 is 1.03 bits per heavy atom. The van der Waals surface area contributed by atoms with Gasteiger partial charge in [0.25, 0.3) is 0 Å². The van der Waals surface area contributed by atoms with Crippen molar-refractivity contribution in [1.82, 2.24) is 14.6 Å². The zero-order valence-electron chi connectivity index (χ0n) is 20.9. The number of H-pyrrole nitrogens is 1. The molecule has 0 aliphatic carbocycles. The summed E-state index contributed by atoms with van der Waals surface area (Å²) >= 11 is 0. The lowest BCUT2D eigenvalue weighted by Crippen LogP contribution is -2.42. The lowest BCUT2D eigenvalue weighted by molar-refractivity contribution is 0.105. The summed E-state index contributed by atoms with van der Waals surface area (Å²) in [7, 11) is -1.95. The highest BCUT2D eigenvalue weighted by atomic mass is 32.2. The van der Waals surface area contributed by atoms with Crippen LogP contribution in [0.1, 0.15) is 12.8 Å². The number of hydrogen-bond acceptors (Lipinski definition) is 6. The minimum absolute atomic E-state index is 0.185. The zero-order valence-corrected chi connectivity index (χ0v) is 21.7. The first-order valence-corrected chi connectivity index (χ1v) is 14.0. The Morgan fingerprint density at radius 2 is 1.76 bits per heavy atom. The minimum Gasteiger partial charge on any atom is -0.497 e. The Labute approximate surface area is 217 Å². The molecule has 4 aromatic rings. The third-order valence-electron chi connectivity index (χ3n) is 7.01. The summed E-state index contributed by atoms with van der Waals surface area (Å²) in [6, 6.07) is 20.5. The number of aromatic amines is 1. The molecule has 1 atom stereocenters. The van der Waals surface area contributed by atoms with Gasteiger partial charge in [0.1, 0.15) is 24.2 Å². The largest absolute Gasteiger partial charge is 0.497 e. The number of para-hydroxylation sites is 1. The molecule has 37 heavy (non-hydrogen) atoms. The maximum absolute atomic E-state index is 12.9. The summed E-state index contributed by atoms with van der Waals surface area (Å²) in [5, 5.41) is 16.0. The third kappa shape index (κ3) is 5.60. The van der Waals surface area contributed by atoms with Gasteiger partial charge in [0.05, 0.1) is 17.5 Å². The monoisotopic (exact) mass is 523 g/mol. The van der Waals surface area contributed by atoms with Crippen molar-refractivity contribution >= 4 is 31.8 Å². The number of fused-ring (bicyclic) bond motifs is 3. The van der Waals surface area contributed by atoms with E-state index in [0.717, 1.165) is 46.9 Å². The molecular formula is C28H33N3O5S. The fraction of sp³-hybridized carbons (Fsp3) is 0.357. The Bertz CT molecular complexity index is 1440. The van der Waals surface area contributed by atoms with Gasteiger partial charge in [-0.25, -0.2) is 8.42 Å². The molecule has 0 bridgehead atoms. The van der Waals surface area contributed by atoms with Crippen LogP contribution in [0.4, 0.5) is 0 Å². The standard InChI is InChI=1S/C28H33N3O5S/c1-35-22-9-11-23(12-10-22)37(33,34)31-15-13-20(14-16-31)17-29-18-21(32)19-36-27-8-4-7-26-28(27)24-5-2-3-6-25(24)30-26/h2-12,20-21,29-30,32H,13-19H2,1H3. The van der Waals surface area contributed by atoms with Crippen molar-refractivity contribution in [2.45, 2.75) is 23.8 Å². The molecule has 0 radical (unpaired) electrons. The third-order valence-corrected chi connectivity index (χ3v) is 8.92. The average molecular weight is 524 g/mol. The van der Waals surface area contributed by atoms with E-state index >= 15 is 0 Å². The van der Waals surface area contributed by atoms with Crippen LogP contribution < -0.4 is 14.8 Å². The van der Waals surface area contributed by atoms with E-state index in [-0.39, 0.29) is 11.5 Å². The molecule has 9 heteroatoms. The Balaban J connectivity index is 1.08. The number of hydrogen-bond donors (Lipinski definition) is 3. The topological polar surface area (TPSA) is 104 Å². The number of sulfonamides is 1. The van der Waals surface area contributed by atoms with Crippen molar-refractivity contribution in [3.05, 3.63) is 66.7 Å². The number of nitrogens with zero attached hydrogens (tertiary/aromatic N) is 1. The van der Waals surface area contributed by atoms with Crippen LogP contribution in [0.3, 0.4) is 0 Å². The van der Waals surface area contributed by atoms with Gasteiger partial charge in [-0.05, 0) is 67.8 Å². The number of aromatic nitrogens is 1. The van der Waals surface area contributed by atoms with Crippen molar-refractivity contribution < 1.29 is 23.0 Å². The van der Waals surface area contributed by atoms with Crippen LogP contribution in [0.2, 0.25) is 0 Å². The first-order valence-electron chi connectivity index (χ1n) is 12.6. The molecule has 196 valence electrons. The molecule has 1 aromatic heterocycles. The van der Waals surface area contributed by atoms with Crippen molar-refractivity contribution in [2.75, 3.05) is 39.9 Å². The van der Waals surface area contributed by atoms with E-state index < -0.39 is 16.1 Å². The van der Waals surface area contributed by atoms with Gasteiger partial charge in [-0.3, -0.25) is 0 Å². The summed E-state index contributed by atoms with van der Waals surface area (Å²) in [5.41, 5.74) is 2.06. The number of aliphatic hydroxyl groups excluding tert-OH is 1. The Morgan fingerprint density at radius 3 is 2.51 bits per heavy atom. The lowest BCUT2D eigenvalue weighted by Gasteiger charge is -2.31.